The zero-order valence-corrected chi connectivity index (χ0v) is 32.9. The second kappa shape index (κ2) is 26.0. The molecule has 1 fully saturated rings. The van der Waals surface area contributed by atoms with Gasteiger partial charge in [-0.25, -0.2) is 42.3 Å². The fraction of sp³-hybridized carbons (Fsp3) is 0.500. The van der Waals surface area contributed by atoms with Gasteiger partial charge in [-0.3, -0.25) is 14.8 Å². The molecule has 0 spiro atoms. The van der Waals surface area contributed by atoms with E-state index >= 15 is 0 Å². The van der Waals surface area contributed by atoms with Crippen LogP contribution in [0.2, 0.25) is 0 Å². The van der Waals surface area contributed by atoms with Gasteiger partial charge in [0, 0.05) is 7.05 Å². The Labute approximate surface area is 314 Å². The quantitative estimate of drug-likeness (QED) is 0.0726. The molecule has 0 amide bonds. The number of nitrogen functional groups attached to an aromatic ring is 1. The number of aromatic nitrogens is 4. The Kier molecular flexibility index (Phi) is 27.9. The number of anilines is 1. The van der Waals surface area contributed by atoms with Crippen LogP contribution < -0.4 is 11.5 Å². The summed E-state index contributed by atoms with van der Waals surface area (Å²) in [5, 5.41) is 43.6. The van der Waals surface area contributed by atoms with E-state index in [4.69, 9.17) is 128 Å². The zero-order valence-electron chi connectivity index (χ0n) is 27.6. The molecule has 2 aromatic heterocycles. The minimum Gasteiger partial charge on any atom is -0.480 e. The Hall–Kier alpha value is -2.37. The predicted octanol–water partition coefficient (Wildman–Crippen LogP) is -7.61. The molecule has 338 valence electrons. The Bertz CT molecular complexity index is 1680. The van der Waals surface area contributed by atoms with Crippen molar-refractivity contribution >= 4 is 75.8 Å². The Morgan fingerprint density at radius 2 is 1.16 bits per heavy atom. The predicted molar refractivity (Wildman–Crippen MR) is 177 cm³/mol. The lowest BCUT2D eigenvalue weighted by molar-refractivity contribution is -0.137. The molecule has 0 aromatic carbocycles. The minimum absolute atomic E-state index is 0.218. The summed E-state index contributed by atoms with van der Waals surface area (Å²) in [7, 11) is -27.2. The summed E-state index contributed by atoms with van der Waals surface area (Å²) >= 11 is 0. The van der Waals surface area contributed by atoms with E-state index in [9.17, 15) is 24.1 Å². The van der Waals surface area contributed by atoms with Crippen LogP contribution in [0, 0.1) is 5.41 Å². The second-order valence-electron chi connectivity index (χ2n) is 9.06. The van der Waals surface area contributed by atoms with E-state index in [0.717, 1.165) is 4.90 Å². The van der Waals surface area contributed by atoms with Crippen molar-refractivity contribution in [3.8, 4) is 0 Å². The monoisotopic (exact) mass is 968 g/mol. The lowest BCUT2D eigenvalue weighted by Gasteiger charge is -2.16. The molecule has 3 heterocycles. The fourth-order valence-electron chi connectivity index (χ4n) is 2.59. The molecule has 37 nitrogen and oxygen atoms in total. The first-order chi connectivity index (χ1) is 24.9. The van der Waals surface area contributed by atoms with Crippen LogP contribution in [-0.4, -0.2) is 174 Å². The molecule has 25 N–H and O–H groups in total. The summed E-state index contributed by atoms with van der Waals surface area (Å²) in [5.74, 6) is -1.01. The molecule has 0 bridgehead atoms. The summed E-state index contributed by atoms with van der Waals surface area (Å²) in [6, 6.07) is 0. The van der Waals surface area contributed by atoms with Gasteiger partial charge in [0.1, 0.15) is 36.7 Å². The van der Waals surface area contributed by atoms with Crippen molar-refractivity contribution in [3.05, 3.63) is 12.7 Å². The third kappa shape index (κ3) is 44.6. The van der Waals surface area contributed by atoms with Crippen LogP contribution in [0.5, 0.6) is 0 Å². The van der Waals surface area contributed by atoms with Crippen molar-refractivity contribution in [2.75, 3.05) is 25.9 Å². The summed E-state index contributed by atoms with van der Waals surface area (Å²) in [5.41, 5.74) is 11.4. The summed E-state index contributed by atoms with van der Waals surface area (Å²) in [6.45, 7) is -0.617. The molecule has 1 saturated heterocycles. The van der Waals surface area contributed by atoms with Gasteiger partial charge >= 0.3 is 52.9 Å². The maximum Gasteiger partial charge on any atom is 0.478 e. The maximum atomic E-state index is 9.95. The lowest BCUT2D eigenvalue weighted by Crippen LogP contribution is -2.36. The second-order valence-corrected chi connectivity index (χ2v) is 15.8. The van der Waals surface area contributed by atoms with Gasteiger partial charge in [0.05, 0.1) is 12.9 Å². The van der Waals surface area contributed by atoms with Crippen LogP contribution in [0.4, 0.5) is 5.82 Å². The number of aliphatic carboxylic acids is 1. The number of hydrogen-bond donors (Lipinski definition) is 23. The van der Waals surface area contributed by atoms with Gasteiger partial charge < -0.3 is 120 Å². The van der Waals surface area contributed by atoms with Crippen LogP contribution in [0.3, 0.4) is 0 Å². The highest BCUT2D eigenvalue weighted by molar-refractivity contribution is 7.60. The first-order valence-electron chi connectivity index (χ1n) is 12.7. The standard InChI is InChI=1S/C10H13N5O4.C4H9N3O2.H4O7P2.4H3O4P/c11-8-5-9(13-2-12-8)15(3-14-5)10-7(18)6(17)4(1-16)19-10;1-7(4(5)6)2-3(8)9;1-8(2,3)7-9(4,5)6;4*1-5(2,3)4/h2-4,6-7,10,16-18H,1H2,(H2,11,12,13);2H2,1H3,(H3,5,6)(H,8,9);(H2,1,2,3)(H2,4,5,6);4*(H3,1,2,3,4)/t4-,6-,7-,10-;;;;;;/m1....../s1. The van der Waals surface area contributed by atoms with E-state index in [1.54, 1.807) is 0 Å². The molecule has 0 saturated carbocycles. The maximum absolute atomic E-state index is 9.95. The van der Waals surface area contributed by atoms with Gasteiger partial charge in [0.25, 0.3) is 0 Å². The number of hydrogen-bond acceptors (Lipinski definition) is 17. The number of phosphoric acid groups is 6. The van der Waals surface area contributed by atoms with Gasteiger partial charge in [0.15, 0.2) is 23.7 Å². The molecule has 1 aliphatic heterocycles. The molecule has 0 unspecified atom stereocenters. The molecule has 0 radical (unpaired) electrons. The highest BCUT2D eigenvalue weighted by Crippen LogP contribution is 2.53. The number of carbonyl (C=O) groups is 1. The topological polar surface area (TPSA) is 665 Å². The molecular formula is C14H38N8O29P6. The summed E-state index contributed by atoms with van der Waals surface area (Å²) in [6.07, 6.45) is -1.42. The number of carboxylic acid groups (broad SMARTS) is 1. The largest absolute Gasteiger partial charge is 0.480 e. The first kappa shape index (κ1) is 61.3. The summed E-state index contributed by atoms with van der Waals surface area (Å²) in [4.78, 5) is 140. The van der Waals surface area contributed by atoms with Crippen molar-refractivity contribution in [1.82, 2.24) is 24.4 Å². The van der Waals surface area contributed by atoms with E-state index in [2.05, 4.69) is 19.3 Å². The third-order valence-corrected chi connectivity index (χ3v) is 5.88. The number of carboxylic acids is 1. The number of aliphatic hydroxyl groups excluding tert-OH is 3. The number of nitrogens with zero attached hydrogens (tertiary/aromatic N) is 5. The van der Waals surface area contributed by atoms with E-state index in [1.807, 2.05) is 0 Å². The van der Waals surface area contributed by atoms with E-state index in [0.29, 0.717) is 11.2 Å². The van der Waals surface area contributed by atoms with E-state index < -0.39 is 84.1 Å². The molecular weight excluding hydrogens is 930 g/mol. The van der Waals surface area contributed by atoms with Gasteiger partial charge in [-0.2, -0.15) is 4.31 Å². The number of nitrogens with one attached hydrogen (secondary N) is 1. The average molecular weight is 968 g/mol. The Balaban J connectivity index is -0.000000316. The molecule has 1 aliphatic rings. The number of imidazole rings is 1. The fourth-order valence-corrected chi connectivity index (χ4v) is 3.70. The molecule has 3 rings (SSSR count). The van der Waals surface area contributed by atoms with Crippen molar-refractivity contribution in [1.29, 1.82) is 5.41 Å². The molecule has 2 aromatic rings. The van der Waals surface area contributed by atoms with Crippen molar-refractivity contribution in [2.24, 2.45) is 5.73 Å². The SMILES string of the molecule is CN(CC(=O)O)C(=N)N.Nc1ncnc2c1ncn2[C@@H]1O[C@H](CO)[C@@H](O)[C@H]1O.O=P(O)(O)O.O=P(O)(O)O.O=P(O)(O)O.O=P(O)(O)O.O=P(O)(O)OP(=O)(O)O. The van der Waals surface area contributed by atoms with Crippen molar-refractivity contribution < 1.29 is 140 Å². The van der Waals surface area contributed by atoms with Gasteiger partial charge in [0.2, 0.25) is 0 Å². The number of ether oxygens (including phenoxy) is 1. The smallest absolute Gasteiger partial charge is 0.478 e. The van der Waals surface area contributed by atoms with E-state index in [-0.39, 0.29) is 18.3 Å². The van der Waals surface area contributed by atoms with Gasteiger partial charge in [-0.1, -0.05) is 0 Å². The minimum atomic E-state index is -5.05. The number of likely N-dealkylation sites (N-methyl/N-ethyl adjacent to an activating group) is 1. The Morgan fingerprint density at radius 3 is 1.40 bits per heavy atom. The number of aliphatic hydroxyl groups is 3. The van der Waals surface area contributed by atoms with Crippen molar-refractivity contribution in [3.63, 3.8) is 0 Å². The average Bonchev–Trinajstić information content (AvgIpc) is 3.44. The molecule has 43 heteroatoms. The normalized spacial score (nSPS) is 18.0. The number of nitrogens with two attached hydrogens (primary N) is 2. The third-order valence-electron chi connectivity index (χ3n) is 4.17. The molecule has 57 heavy (non-hydrogen) atoms. The summed E-state index contributed by atoms with van der Waals surface area (Å²) < 4.78 is 64.6. The van der Waals surface area contributed by atoms with E-state index in [1.165, 1.54) is 24.3 Å². The van der Waals surface area contributed by atoms with Crippen LogP contribution in [-0.2, 0) is 41.2 Å². The first-order valence-corrected chi connectivity index (χ1v) is 22.0. The molecule has 4 atom stereocenters. The number of fused-ring (bicyclic) bond motifs is 1. The number of rotatable bonds is 6. The van der Waals surface area contributed by atoms with Crippen LogP contribution in [0.25, 0.3) is 11.2 Å². The highest BCUT2D eigenvalue weighted by Gasteiger charge is 2.44. The lowest BCUT2D eigenvalue weighted by atomic mass is 10.1. The van der Waals surface area contributed by atoms with Crippen LogP contribution in [0.1, 0.15) is 6.23 Å². The zero-order chi connectivity index (χ0) is 46.7. The number of guanidine groups is 1. The van der Waals surface area contributed by atoms with Gasteiger partial charge in [-0.05, 0) is 0 Å². The Morgan fingerprint density at radius 1 is 0.789 bits per heavy atom. The van der Waals surface area contributed by atoms with Crippen LogP contribution in [0.15, 0.2) is 12.7 Å². The van der Waals surface area contributed by atoms with Crippen LogP contribution >= 0.6 is 46.9 Å². The molecule has 0 aliphatic carbocycles. The highest BCUT2D eigenvalue weighted by atomic mass is 31.3. The van der Waals surface area contributed by atoms with Crippen molar-refractivity contribution in [2.45, 2.75) is 24.5 Å². The van der Waals surface area contributed by atoms with Gasteiger partial charge in [-0.15, -0.1) is 0 Å².